The van der Waals surface area contributed by atoms with E-state index in [4.69, 9.17) is 5.11 Å². The normalized spacial score (nSPS) is 12.6. The van der Waals surface area contributed by atoms with Gasteiger partial charge in [-0.2, -0.15) is 11.8 Å². The van der Waals surface area contributed by atoms with Gasteiger partial charge < -0.3 is 5.11 Å². The first kappa shape index (κ1) is 13.0. The van der Waals surface area contributed by atoms with E-state index in [0.29, 0.717) is 6.04 Å². The molecule has 0 heterocycles. The standard InChI is InChI=1S/C10H21NOS/c1-4-10(11-9(2)3)5-7-13-8-6-12/h10,12H,4-8H2,1-3H3. The average molecular weight is 203 g/mol. The van der Waals surface area contributed by atoms with Crippen LogP contribution in [-0.4, -0.2) is 35.0 Å². The van der Waals surface area contributed by atoms with E-state index < -0.39 is 0 Å². The molecule has 0 aromatic rings. The van der Waals surface area contributed by atoms with Gasteiger partial charge in [0.25, 0.3) is 0 Å². The molecule has 0 aromatic carbocycles. The van der Waals surface area contributed by atoms with E-state index in [1.807, 2.05) is 13.8 Å². The van der Waals surface area contributed by atoms with Crippen LogP contribution in [-0.2, 0) is 0 Å². The lowest BCUT2D eigenvalue weighted by Gasteiger charge is -2.09. The molecule has 1 N–H and O–H groups in total. The molecule has 0 spiro atoms. The number of aliphatic hydroxyl groups excluding tert-OH is 1. The van der Waals surface area contributed by atoms with Crippen LogP contribution in [0.1, 0.15) is 33.6 Å². The monoisotopic (exact) mass is 203 g/mol. The van der Waals surface area contributed by atoms with Gasteiger partial charge in [0, 0.05) is 11.5 Å². The quantitative estimate of drug-likeness (QED) is 0.509. The van der Waals surface area contributed by atoms with Crippen LogP contribution in [0, 0.1) is 0 Å². The lowest BCUT2D eigenvalue weighted by molar-refractivity contribution is 0.322. The van der Waals surface area contributed by atoms with Crippen molar-refractivity contribution in [1.29, 1.82) is 0 Å². The first-order valence-corrected chi connectivity index (χ1v) is 6.05. The van der Waals surface area contributed by atoms with E-state index >= 15 is 0 Å². The van der Waals surface area contributed by atoms with Crippen molar-refractivity contribution >= 4 is 17.5 Å². The van der Waals surface area contributed by atoms with Crippen molar-refractivity contribution in [2.24, 2.45) is 4.99 Å². The molecule has 78 valence electrons. The molecule has 0 saturated carbocycles. The first-order chi connectivity index (χ1) is 6.20. The second kappa shape index (κ2) is 8.57. The summed E-state index contributed by atoms with van der Waals surface area (Å²) in [5.41, 5.74) is 1.17. The van der Waals surface area contributed by atoms with Crippen LogP contribution in [0.15, 0.2) is 4.99 Å². The van der Waals surface area contributed by atoms with E-state index in [2.05, 4.69) is 11.9 Å². The van der Waals surface area contributed by atoms with Gasteiger partial charge in [-0.25, -0.2) is 0 Å². The lowest BCUT2D eigenvalue weighted by atomic mass is 10.2. The van der Waals surface area contributed by atoms with Crippen LogP contribution in [0.25, 0.3) is 0 Å². The largest absolute Gasteiger partial charge is 0.396 e. The minimum absolute atomic E-state index is 0.289. The molecule has 0 amide bonds. The molecule has 1 atom stereocenters. The lowest BCUT2D eigenvalue weighted by Crippen LogP contribution is -2.06. The minimum atomic E-state index is 0.289. The van der Waals surface area contributed by atoms with Crippen LogP contribution in [0.4, 0.5) is 0 Å². The molecular weight excluding hydrogens is 182 g/mol. The molecule has 0 aliphatic carbocycles. The molecule has 13 heavy (non-hydrogen) atoms. The smallest absolute Gasteiger partial charge is 0.0521 e. The Kier molecular flexibility index (Phi) is 8.56. The molecule has 0 fully saturated rings. The minimum Gasteiger partial charge on any atom is -0.396 e. The third-order valence-electron chi connectivity index (χ3n) is 1.74. The number of hydrogen-bond acceptors (Lipinski definition) is 3. The molecule has 0 aliphatic rings. The van der Waals surface area contributed by atoms with Crippen LogP contribution < -0.4 is 0 Å². The zero-order chi connectivity index (χ0) is 10.1. The first-order valence-electron chi connectivity index (χ1n) is 4.90. The highest BCUT2D eigenvalue weighted by Crippen LogP contribution is 2.09. The molecule has 0 rings (SSSR count). The Labute approximate surface area is 85.8 Å². The Hall–Kier alpha value is -0.0200. The Bertz CT molecular complexity index is 144. The third-order valence-corrected chi connectivity index (χ3v) is 2.74. The predicted molar refractivity (Wildman–Crippen MR) is 61.9 cm³/mol. The van der Waals surface area contributed by atoms with Crippen molar-refractivity contribution in [2.75, 3.05) is 18.1 Å². The van der Waals surface area contributed by atoms with Crippen molar-refractivity contribution in [2.45, 2.75) is 39.7 Å². The number of aliphatic hydroxyl groups is 1. The molecule has 0 aliphatic heterocycles. The van der Waals surface area contributed by atoms with Gasteiger partial charge in [0.15, 0.2) is 0 Å². The van der Waals surface area contributed by atoms with Crippen molar-refractivity contribution < 1.29 is 5.11 Å². The van der Waals surface area contributed by atoms with Crippen molar-refractivity contribution in [3.8, 4) is 0 Å². The Balaban J connectivity index is 3.54. The van der Waals surface area contributed by atoms with Crippen LogP contribution >= 0.6 is 11.8 Å². The SMILES string of the molecule is CCC(CCSCCO)N=C(C)C. The summed E-state index contributed by atoms with van der Waals surface area (Å²) >= 11 is 1.80. The second-order valence-electron chi connectivity index (χ2n) is 3.26. The van der Waals surface area contributed by atoms with Gasteiger partial charge in [0.05, 0.1) is 12.6 Å². The number of hydrogen-bond donors (Lipinski definition) is 1. The van der Waals surface area contributed by atoms with Gasteiger partial charge >= 0.3 is 0 Å². The topological polar surface area (TPSA) is 32.6 Å². The Morgan fingerprint density at radius 3 is 2.54 bits per heavy atom. The molecule has 0 radical (unpaired) electrons. The van der Waals surface area contributed by atoms with E-state index in [1.165, 1.54) is 5.71 Å². The summed E-state index contributed by atoms with van der Waals surface area (Å²) < 4.78 is 0. The number of aliphatic imine (C=N–C) groups is 1. The summed E-state index contributed by atoms with van der Waals surface area (Å²) in [7, 11) is 0. The predicted octanol–water partition coefficient (Wildman–Crippen LogP) is 2.36. The highest BCUT2D eigenvalue weighted by atomic mass is 32.2. The van der Waals surface area contributed by atoms with Crippen molar-refractivity contribution in [3.63, 3.8) is 0 Å². The second-order valence-corrected chi connectivity index (χ2v) is 4.49. The molecule has 0 saturated heterocycles. The molecule has 0 aromatic heterocycles. The maximum Gasteiger partial charge on any atom is 0.0521 e. The zero-order valence-electron chi connectivity index (χ0n) is 8.92. The van der Waals surface area contributed by atoms with Crippen molar-refractivity contribution in [3.05, 3.63) is 0 Å². The molecule has 1 unspecified atom stereocenters. The van der Waals surface area contributed by atoms with Crippen molar-refractivity contribution in [1.82, 2.24) is 0 Å². The summed E-state index contributed by atoms with van der Waals surface area (Å²) in [4.78, 5) is 4.53. The fraction of sp³-hybridized carbons (Fsp3) is 0.900. The molecular formula is C10H21NOS. The average Bonchev–Trinajstić information content (AvgIpc) is 2.09. The Morgan fingerprint density at radius 2 is 2.08 bits per heavy atom. The van der Waals surface area contributed by atoms with Crippen LogP contribution in [0.5, 0.6) is 0 Å². The van der Waals surface area contributed by atoms with Gasteiger partial charge in [-0.1, -0.05) is 6.92 Å². The highest BCUT2D eigenvalue weighted by molar-refractivity contribution is 7.99. The van der Waals surface area contributed by atoms with Crippen LogP contribution in [0.2, 0.25) is 0 Å². The summed E-state index contributed by atoms with van der Waals surface area (Å²) in [5, 5.41) is 8.59. The summed E-state index contributed by atoms with van der Waals surface area (Å²) in [5.74, 6) is 1.96. The van der Waals surface area contributed by atoms with Gasteiger partial charge in [0.1, 0.15) is 0 Å². The number of nitrogens with zero attached hydrogens (tertiary/aromatic N) is 1. The molecule has 2 nitrogen and oxygen atoms in total. The van der Waals surface area contributed by atoms with Gasteiger partial charge in [-0.15, -0.1) is 0 Å². The van der Waals surface area contributed by atoms with Crippen LogP contribution in [0.3, 0.4) is 0 Å². The van der Waals surface area contributed by atoms with E-state index in [1.54, 1.807) is 11.8 Å². The molecule has 0 bridgehead atoms. The molecule has 3 heteroatoms. The fourth-order valence-electron chi connectivity index (χ4n) is 1.11. The highest BCUT2D eigenvalue weighted by Gasteiger charge is 2.02. The summed E-state index contributed by atoms with van der Waals surface area (Å²) in [6.07, 6.45) is 2.25. The fourth-order valence-corrected chi connectivity index (χ4v) is 1.88. The third kappa shape index (κ3) is 8.31. The zero-order valence-corrected chi connectivity index (χ0v) is 9.73. The van der Waals surface area contributed by atoms with E-state index in [-0.39, 0.29) is 6.61 Å². The summed E-state index contributed by atoms with van der Waals surface area (Å²) in [6, 6.07) is 0.483. The summed E-state index contributed by atoms with van der Waals surface area (Å²) in [6.45, 7) is 6.55. The maximum absolute atomic E-state index is 8.59. The van der Waals surface area contributed by atoms with E-state index in [9.17, 15) is 0 Å². The number of thioether (sulfide) groups is 1. The van der Waals surface area contributed by atoms with Gasteiger partial charge in [-0.05, 0) is 32.4 Å². The van der Waals surface area contributed by atoms with Gasteiger partial charge in [0.2, 0.25) is 0 Å². The maximum atomic E-state index is 8.59. The Morgan fingerprint density at radius 1 is 1.38 bits per heavy atom. The van der Waals surface area contributed by atoms with Gasteiger partial charge in [-0.3, -0.25) is 4.99 Å². The number of rotatable bonds is 7. The van der Waals surface area contributed by atoms with E-state index in [0.717, 1.165) is 24.3 Å².